The molecule has 0 saturated heterocycles. The van der Waals surface area contributed by atoms with Gasteiger partial charge in [0.1, 0.15) is 17.9 Å². The summed E-state index contributed by atoms with van der Waals surface area (Å²) < 4.78 is 18.7. The molecule has 2 aromatic carbocycles. The van der Waals surface area contributed by atoms with Crippen LogP contribution >= 0.6 is 0 Å². The van der Waals surface area contributed by atoms with E-state index in [0.717, 1.165) is 7.11 Å². The third kappa shape index (κ3) is 6.88. The second-order valence-electron chi connectivity index (χ2n) is 6.76. The Morgan fingerprint density at radius 1 is 1.03 bits per heavy atom. The number of halogens is 1. The van der Waals surface area contributed by atoms with Crippen LogP contribution in [0.4, 0.5) is 10.1 Å². The zero-order chi connectivity index (χ0) is 23.0. The van der Waals surface area contributed by atoms with Crippen LogP contribution in [0.15, 0.2) is 48.5 Å². The predicted octanol–water partition coefficient (Wildman–Crippen LogP) is 1.68. The number of methoxy groups -OCH3 is 1. The second-order valence-corrected chi connectivity index (χ2v) is 6.76. The Morgan fingerprint density at radius 3 is 2.23 bits per heavy atom. The van der Waals surface area contributed by atoms with Crippen molar-refractivity contribution in [1.29, 1.82) is 0 Å². The van der Waals surface area contributed by atoms with Crippen LogP contribution in [0.3, 0.4) is 0 Å². The van der Waals surface area contributed by atoms with Crippen molar-refractivity contribution >= 4 is 23.5 Å². The molecular weight excluding hydrogens is 409 g/mol. The van der Waals surface area contributed by atoms with E-state index in [1.807, 2.05) is 0 Å². The van der Waals surface area contributed by atoms with Gasteiger partial charge in [-0.3, -0.25) is 19.7 Å². The molecule has 0 fully saturated rings. The number of rotatable bonds is 9. The van der Waals surface area contributed by atoms with E-state index in [1.165, 1.54) is 49.4 Å². The SMILES string of the molecule is COC(=O)[C@@H](Cc1ccc([N+](=O)[O-])cc1)NC(=O)[C@@H](Cc1ccccc1F)NC(C)=O. The van der Waals surface area contributed by atoms with Crippen LogP contribution in [0, 0.1) is 15.9 Å². The molecule has 0 aliphatic rings. The summed E-state index contributed by atoms with van der Waals surface area (Å²) in [5.41, 5.74) is 0.658. The highest BCUT2D eigenvalue weighted by Crippen LogP contribution is 2.14. The Kier molecular flexibility index (Phi) is 8.18. The quantitative estimate of drug-likeness (QED) is 0.353. The molecule has 2 amide bonds. The number of nitrogens with zero attached hydrogens (tertiary/aromatic N) is 1. The fourth-order valence-electron chi connectivity index (χ4n) is 2.94. The molecule has 10 heteroatoms. The van der Waals surface area contributed by atoms with E-state index in [0.29, 0.717) is 5.56 Å². The van der Waals surface area contributed by atoms with E-state index in [2.05, 4.69) is 10.6 Å². The van der Waals surface area contributed by atoms with Crippen molar-refractivity contribution in [2.24, 2.45) is 0 Å². The van der Waals surface area contributed by atoms with Crippen molar-refractivity contribution in [2.45, 2.75) is 31.8 Å². The number of esters is 1. The van der Waals surface area contributed by atoms with Crippen molar-refractivity contribution in [3.8, 4) is 0 Å². The third-order valence-corrected chi connectivity index (χ3v) is 4.47. The molecule has 0 aromatic heterocycles. The van der Waals surface area contributed by atoms with E-state index in [9.17, 15) is 28.9 Å². The van der Waals surface area contributed by atoms with Crippen LogP contribution in [0.2, 0.25) is 0 Å². The van der Waals surface area contributed by atoms with Gasteiger partial charge in [0.05, 0.1) is 12.0 Å². The molecule has 0 aliphatic heterocycles. The highest BCUT2D eigenvalue weighted by atomic mass is 19.1. The van der Waals surface area contributed by atoms with Gasteiger partial charge in [0.15, 0.2) is 0 Å². The molecule has 0 heterocycles. The molecule has 0 bridgehead atoms. The molecule has 164 valence electrons. The van der Waals surface area contributed by atoms with Gasteiger partial charge in [-0.2, -0.15) is 0 Å². The van der Waals surface area contributed by atoms with Crippen LogP contribution in [0.1, 0.15) is 18.1 Å². The zero-order valence-corrected chi connectivity index (χ0v) is 17.0. The minimum atomic E-state index is -1.13. The number of hydrogen-bond acceptors (Lipinski definition) is 6. The average Bonchev–Trinajstić information content (AvgIpc) is 2.73. The summed E-state index contributed by atoms with van der Waals surface area (Å²) in [7, 11) is 1.15. The molecule has 0 unspecified atom stereocenters. The molecular formula is C21H22FN3O6. The molecule has 0 aliphatic carbocycles. The van der Waals surface area contributed by atoms with Gasteiger partial charge in [-0.25, -0.2) is 9.18 Å². The van der Waals surface area contributed by atoms with Gasteiger partial charge in [0.2, 0.25) is 11.8 Å². The van der Waals surface area contributed by atoms with E-state index < -0.39 is 40.6 Å². The third-order valence-electron chi connectivity index (χ3n) is 4.47. The number of benzene rings is 2. The van der Waals surface area contributed by atoms with Gasteiger partial charge in [-0.15, -0.1) is 0 Å². The van der Waals surface area contributed by atoms with Crippen LogP contribution < -0.4 is 10.6 Å². The predicted molar refractivity (Wildman–Crippen MR) is 108 cm³/mol. The molecule has 2 atom stereocenters. The van der Waals surface area contributed by atoms with E-state index >= 15 is 0 Å². The number of amides is 2. The highest BCUT2D eigenvalue weighted by molar-refractivity contribution is 5.90. The summed E-state index contributed by atoms with van der Waals surface area (Å²) in [4.78, 5) is 46.8. The fraction of sp³-hybridized carbons (Fsp3) is 0.286. The van der Waals surface area contributed by atoms with E-state index in [4.69, 9.17) is 4.74 Å². The summed E-state index contributed by atoms with van der Waals surface area (Å²) >= 11 is 0. The molecule has 2 aromatic rings. The van der Waals surface area contributed by atoms with E-state index in [1.54, 1.807) is 6.07 Å². The molecule has 9 nitrogen and oxygen atoms in total. The lowest BCUT2D eigenvalue weighted by atomic mass is 10.0. The summed E-state index contributed by atoms with van der Waals surface area (Å²) in [5, 5.41) is 15.8. The lowest BCUT2D eigenvalue weighted by Gasteiger charge is -2.22. The van der Waals surface area contributed by atoms with Crippen LogP contribution in [0.25, 0.3) is 0 Å². The molecule has 31 heavy (non-hydrogen) atoms. The number of nitro benzene ring substituents is 1. The number of hydrogen-bond donors (Lipinski definition) is 2. The van der Waals surface area contributed by atoms with Gasteiger partial charge in [-0.1, -0.05) is 30.3 Å². The van der Waals surface area contributed by atoms with Gasteiger partial charge in [0, 0.05) is 31.9 Å². The molecule has 2 rings (SSSR count). The first-order valence-electron chi connectivity index (χ1n) is 9.33. The van der Waals surface area contributed by atoms with Crippen LogP contribution in [-0.4, -0.2) is 41.9 Å². The Morgan fingerprint density at radius 2 is 1.68 bits per heavy atom. The monoisotopic (exact) mass is 431 g/mol. The van der Waals surface area contributed by atoms with Crippen molar-refractivity contribution in [3.63, 3.8) is 0 Å². The highest BCUT2D eigenvalue weighted by Gasteiger charge is 2.28. The Balaban J connectivity index is 2.18. The first-order valence-corrected chi connectivity index (χ1v) is 9.33. The summed E-state index contributed by atoms with van der Waals surface area (Å²) in [6.07, 6.45) is -0.119. The largest absolute Gasteiger partial charge is 0.467 e. The summed E-state index contributed by atoms with van der Waals surface area (Å²) in [5.74, 6) is -2.46. The van der Waals surface area contributed by atoms with Gasteiger partial charge in [0.25, 0.3) is 5.69 Å². The second kappa shape index (κ2) is 10.8. The Hall–Kier alpha value is -3.82. The lowest BCUT2D eigenvalue weighted by Crippen LogP contribution is -2.53. The van der Waals surface area contributed by atoms with Crippen LogP contribution in [-0.2, 0) is 32.0 Å². The fourth-order valence-corrected chi connectivity index (χ4v) is 2.94. The zero-order valence-electron chi connectivity index (χ0n) is 17.0. The minimum Gasteiger partial charge on any atom is -0.467 e. The summed E-state index contributed by atoms with van der Waals surface area (Å²) in [6.45, 7) is 1.22. The molecule has 0 spiro atoms. The average molecular weight is 431 g/mol. The van der Waals surface area contributed by atoms with Gasteiger partial charge >= 0.3 is 5.97 Å². The molecule has 0 saturated carbocycles. The summed E-state index contributed by atoms with van der Waals surface area (Å²) in [6, 6.07) is 9.09. The van der Waals surface area contributed by atoms with Crippen molar-refractivity contribution in [2.75, 3.05) is 7.11 Å². The maximum absolute atomic E-state index is 14.0. The normalized spacial score (nSPS) is 12.4. The lowest BCUT2D eigenvalue weighted by molar-refractivity contribution is -0.384. The van der Waals surface area contributed by atoms with Gasteiger partial charge in [-0.05, 0) is 17.2 Å². The first-order chi connectivity index (χ1) is 14.7. The van der Waals surface area contributed by atoms with Crippen molar-refractivity contribution < 1.29 is 28.4 Å². The maximum atomic E-state index is 14.0. The van der Waals surface area contributed by atoms with Gasteiger partial charge < -0.3 is 15.4 Å². The number of carbonyl (C=O) groups excluding carboxylic acids is 3. The number of nitrogens with one attached hydrogen (secondary N) is 2. The number of non-ortho nitro benzene ring substituents is 1. The number of ether oxygens (including phenoxy) is 1. The van der Waals surface area contributed by atoms with Crippen LogP contribution in [0.5, 0.6) is 0 Å². The molecule has 0 radical (unpaired) electrons. The minimum absolute atomic E-state index is 0.00287. The topological polar surface area (TPSA) is 128 Å². The van der Waals surface area contributed by atoms with E-state index in [-0.39, 0.29) is 24.1 Å². The van der Waals surface area contributed by atoms with Crippen molar-refractivity contribution in [3.05, 3.63) is 75.6 Å². The number of nitro groups is 1. The first kappa shape index (κ1) is 23.5. The standard InChI is InChI=1S/C21H22FN3O6/c1-13(26)23-18(12-15-5-3-4-6-17(15)22)20(27)24-19(21(28)31-2)11-14-7-9-16(10-8-14)25(29)30/h3-10,18-19H,11-12H2,1-2H3,(H,23,26)(H,24,27)/t18-,19-/m1/s1. The number of carbonyl (C=O) groups is 3. The molecule has 2 N–H and O–H groups in total. The Labute approximate surface area is 177 Å². The van der Waals surface area contributed by atoms with Crippen molar-refractivity contribution in [1.82, 2.24) is 10.6 Å². The maximum Gasteiger partial charge on any atom is 0.328 e. The smallest absolute Gasteiger partial charge is 0.328 e. The Bertz CT molecular complexity index is 964.